The Morgan fingerprint density at radius 2 is 2.00 bits per heavy atom. The zero-order valence-corrected chi connectivity index (χ0v) is 15.7. The van der Waals surface area contributed by atoms with Crippen LogP contribution in [0.5, 0.6) is 0 Å². The van der Waals surface area contributed by atoms with Crippen LogP contribution in [0.3, 0.4) is 0 Å². The van der Waals surface area contributed by atoms with Gasteiger partial charge in [-0.3, -0.25) is 4.79 Å². The van der Waals surface area contributed by atoms with Crippen molar-refractivity contribution >= 4 is 39.2 Å². The molecule has 0 radical (unpaired) electrons. The molecule has 5 heteroatoms. The van der Waals surface area contributed by atoms with Crippen LogP contribution >= 0.6 is 23.1 Å². The average Bonchev–Trinajstić information content (AvgIpc) is 2.91. The molecule has 0 saturated heterocycles. The lowest BCUT2D eigenvalue weighted by atomic mass is 10.2. The van der Waals surface area contributed by atoms with E-state index in [1.54, 1.807) is 23.1 Å². The summed E-state index contributed by atoms with van der Waals surface area (Å²) in [7, 11) is 0. The van der Waals surface area contributed by atoms with Crippen molar-refractivity contribution < 1.29 is 4.79 Å². The zero-order chi connectivity index (χ0) is 17.1. The molecule has 2 aromatic carbocycles. The van der Waals surface area contributed by atoms with Crippen LogP contribution in [0.2, 0.25) is 0 Å². The van der Waals surface area contributed by atoms with E-state index in [-0.39, 0.29) is 5.91 Å². The van der Waals surface area contributed by atoms with Crippen LogP contribution in [0.25, 0.3) is 10.2 Å². The van der Waals surface area contributed by atoms with Gasteiger partial charge in [0.1, 0.15) is 0 Å². The first kappa shape index (κ1) is 17.0. The summed E-state index contributed by atoms with van der Waals surface area (Å²) in [6, 6.07) is 15.9. The highest BCUT2D eigenvalue weighted by Crippen LogP contribution is 2.24. The summed E-state index contributed by atoms with van der Waals surface area (Å²) in [6.45, 7) is 7.15. The lowest BCUT2D eigenvalue weighted by Gasteiger charge is -2.05. The SMILES string of the molecule is CCn1c(=NC(=O)c2cccc(SC(C)C)c2)sc2ccccc21. The van der Waals surface area contributed by atoms with Crippen LogP contribution in [0, 0.1) is 0 Å². The van der Waals surface area contributed by atoms with Crippen molar-refractivity contribution in [2.24, 2.45) is 4.99 Å². The van der Waals surface area contributed by atoms with Crippen LogP contribution in [0.1, 0.15) is 31.1 Å². The summed E-state index contributed by atoms with van der Waals surface area (Å²) in [5.74, 6) is -0.185. The van der Waals surface area contributed by atoms with E-state index in [0.29, 0.717) is 10.8 Å². The molecule has 0 aliphatic rings. The molecule has 0 bridgehead atoms. The Balaban J connectivity index is 2.01. The van der Waals surface area contributed by atoms with E-state index in [1.165, 1.54) is 0 Å². The Kier molecular flexibility index (Phi) is 5.21. The maximum Gasteiger partial charge on any atom is 0.279 e. The molecule has 3 aromatic rings. The molecule has 0 aliphatic carbocycles. The predicted molar refractivity (Wildman–Crippen MR) is 103 cm³/mol. The number of rotatable bonds is 4. The molecular formula is C19H20N2OS2. The molecule has 0 unspecified atom stereocenters. The van der Waals surface area contributed by atoms with E-state index < -0.39 is 0 Å². The number of thioether (sulfide) groups is 1. The monoisotopic (exact) mass is 356 g/mol. The maximum atomic E-state index is 12.6. The number of nitrogens with zero attached hydrogens (tertiary/aromatic N) is 2. The van der Waals surface area contributed by atoms with Crippen LogP contribution in [0.15, 0.2) is 58.4 Å². The van der Waals surface area contributed by atoms with Crippen LogP contribution in [-0.2, 0) is 6.54 Å². The van der Waals surface area contributed by atoms with E-state index in [1.807, 2.05) is 36.4 Å². The predicted octanol–water partition coefficient (Wildman–Crippen LogP) is 4.96. The molecule has 0 atom stereocenters. The third kappa shape index (κ3) is 3.62. The molecule has 0 spiro atoms. The van der Waals surface area contributed by atoms with Crippen LogP contribution < -0.4 is 4.80 Å². The van der Waals surface area contributed by atoms with Gasteiger partial charge in [-0.1, -0.05) is 43.4 Å². The van der Waals surface area contributed by atoms with Gasteiger partial charge in [-0.2, -0.15) is 4.99 Å². The summed E-state index contributed by atoms with van der Waals surface area (Å²) in [6.07, 6.45) is 0. The van der Waals surface area contributed by atoms with Gasteiger partial charge in [0.2, 0.25) is 0 Å². The zero-order valence-electron chi connectivity index (χ0n) is 14.0. The quantitative estimate of drug-likeness (QED) is 0.619. The van der Waals surface area contributed by atoms with E-state index in [9.17, 15) is 4.79 Å². The van der Waals surface area contributed by atoms with Gasteiger partial charge < -0.3 is 4.57 Å². The first-order chi connectivity index (χ1) is 11.6. The number of carbonyl (C=O) groups is 1. The van der Waals surface area contributed by atoms with Crippen molar-refractivity contribution in [3.8, 4) is 0 Å². The van der Waals surface area contributed by atoms with E-state index in [4.69, 9.17) is 0 Å². The van der Waals surface area contributed by atoms with Gasteiger partial charge >= 0.3 is 0 Å². The van der Waals surface area contributed by atoms with Crippen molar-refractivity contribution in [3.05, 3.63) is 58.9 Å². The van der Waals surface area contributed by atoms with Gasteiger partial charge in [0, 0.05) is 22.3 Å². The van der Waals surface area contributed by atoms with Crippen molar-refractivity contribution in [1.82, 2.24) is 4.57 Å². The molecular weight excluding hydrogens is 336 g/mol. The Morgan fingerprint density at radius 3 is 2.75 bits per heavy atom. The van der Waals surface area contributed by atoms with E-state index >= 15 is 0 Å². The minimum atomic E-state index is -0.185. The molecule has 0 saturated carbocycles. The fraction of sp³-hybridized carbons (Fsp3) is 0.263. The third-order valence-electron chi connectivity index (χ3n) is 3.55. The second-order valence-corrected chi connectivity index (χ2v) is 8.37. The number of amides is 1. The molecule has 24 heavy (non-hydrogen) atoms. The van der Waals surface area contributed by atoms with Gasteiger partial charge in [-0.25, -0.2) is 0 Å². The lowest BCUT2D eigenvalue weighted by Crippen LogP contribution is -2.15. The number of benzene rings is 2. The van der Waals surface area contributed by atoms with Crippen molar-refractivity contribution in [2.45, 2.75) is 37.5 Å². The number of para-hydroxylation sites is 1. The number of thiazole rings is 1. The molecule has 1 aromatic heterocycles. The summed E-state index contributed by atoms with van der Waals surface area (Å²) in [4.78, 5) is 18.9. The maximum absolute atomic E-state index is 12.6. The lowest BCUT2D eigenvalue weighted by molar-refractivity contribution is 0.0997. The fourth-order valence-corrected chi connectivity index (χ4v) is 4.53. The molecule has 3 rings (SSSR count). The highest BCUT2D eigenvalue weighted by Gasteiger charge is 2.09. The third-order valence-corrected chi connectivity index (χ3v) is 5.61. The second kappa shape index (κ2) is 7.36. The molecule has 0 fully saturated rings. The van der Waals surface area contributed by atoms with Gasteiger partial charge in [0.05, 0.1) is 10.2 Å². The average molecular weight is 357 g/mol. The number of hydrogen-bond donors (Lipinski definition) is 0. The minimum absolute atomic E-state index is 0.185. The highest BCUT2D eigenvalue weighted by molar-refractivity contribution is 7.99. The second-order valence-electron chi connectivity index (χ2n) is 5.71. The molecule has 0 aliphatic heterocycles. The van der Waals surface area contributed by atoms with Crippen LogP contribution in [-0.4, -0.2) is 15.7 Å². The molecule has 3 nitrogen and oxygen atoms in total. The summed E-state index contributed by atoms with van der Waals surface area (Å²) in [5.41, 5.74) is 1.77. The highest BCUT2D eigenvalue weighted by atomic mass is 32.2. The Labute approximate surface area is 150 Å². The summed E-state index contributed by atoms with van der Waals surface area (Å²) in [5, 5.41) is 0.483. The Morgan fingerprint density at radius 1 is 1.21 bits per heavy atom. The smallest absolute Gasteiger partial charge is 0.279 e. The van der Waals surface area contributed by atoms with E-state index in [0.717, 1.165) is 26.5 Å². The largest absolute Gasteiger partial charge is 0.317 e. The first-order valence-corrected chi connectivity index (χ1v) is 9.72. The number of aromatic nitrogens is 1. The van der Waals surface area contributed by atoms with Gasteiger partial charge in [-0.05, 0) is 37.3 Å². The summed E-state index contributed by atoms with van der Waals surface area (Å²) >= 11 is 3.31. The molecule has 0 N–H and O–H groups in total. The Hall–Kier alpha value is -1.85. The molecule has 1 amide bonds. The number of hydrogen-bond acceptors (Lipinski definition) is 3. The molecule has 124 valence electrons. The Bertz CT molecular complexity index is 938. The first-order valence-electron chi connectivity index (χ1n) is 8.02. The van der Waals surface area contributed by atoms with E-state index in [2.05, 4.69) is 42.5 Å². The standard InChI is InChI=1S/C19H20N2OS2/c1-4-21-16-10-5-6-11-17(16)24-19(21)20-18(22)14-8-7-9-15(12-14)23-13(2)3/h5-13H,4H2,1-3H3. The van der Waals surface area contributed by atoms with Gasteiger partial charge in [0.15, 0.2) is 4.80 Å². The van der Waals surface area contributed by atoms with Gasteiger partial charge in [-0.15, -0.1) is 11.8 Å². The van der Waals surface area contributed by atoms with Crippen molar-refractivity contribution in [2.75, 3.05) is 0 Å². The minimum Gasteiger partial charge on any atom is -0.317 e. The topological polar surface area (TPSA) is 34.4 Å². The number of carbonyl (C=O) groups excluding carboxylic acids is 1. The van der Waals surface area contributed by atoms with Crippen LogP contribution in [0.4, 0.5) is 0 Å². The van der Waals surface area contributed by atoms with Crippen molar-refractivity contribution in [3.63, 3.8) is 0 Å². The molecule has 1 heterocycles. The van der Waals surface area contributed by atoms with Crippen molar-refractivity contribution in [1.29, 1.82) is 0 Å². The number of aryl methyl sites for hydroxylation is 1. The normalized spacial score (nSPS) is 12.2. The fourth-order valence-electron chi connectivity index (χ4n) is 2.54. The van der Waals surface area contributed by atoms with Gasteiger partial charge in [0.25, 0.3) is 5.91 Å². The number of fused-ring (bicyclic) bond motifs is 1. The summed E-state index contributed by atoms with van der Waals surface area (Å²) < 4.78 is 3.24.